The lowest BCUT2D eigenvalue weighted by atomic mass is 10.1. The van der Waals surface area contributed by atoms with Crippen LogP contribution in [0.4, 0.5) is 0 Å². The van der Waals surface area contributed by atoms with Crippen LogP contribution in [0.15, 0.2) is 0 Å². The molecule has 0 spiro atoms. The maximum Gasteiger partial charge on any atom is 0.307 e. The van der Waals surface area contributed by atoms with Crippen LogP contribution < -0.4 is 5.32 Å². The fourth-order valence-electron chi connectivity index (χ4n) is 0.869. The van der Waals surface area contributed by atoms with Crippen LogP contribution in [0.5, 0.6) is 0 Å². The molecule has 0 saturated heterocycles. The van der Waals surface area contributed by atoms with Crippen LogP contribution >= 0.6 is 0 Å². The first kappa shape index (κ1) is 10.9. The molecule has 0 aromatic carbocycles. The number of esters is 1. The molecule has 0 saturated carbocycles. The minimum absolute atomic E-state index is 0.102. The van der Waals surface area contributed by atoms with Gasteiger partial charge in [0.1, 0.15) is 0 Å². The Kier molecular flexibility index (Phi) is 5.08. The standard InChI is InChI=1S/C8H15NO3/c1-4-7(9-6(2)10)5-8(11)12-3/h7H,4-5H2,1-3H3,(H,9,10)/t7-/m1/s1. The van der Waals surface area contributed by atoms with Gasteiger partial charge in [-0.1, -0.05) is 6.92 Å². The molecule has 0 heterocycles. The summed E-state index contributed by atoms with van der Waals surface area (Å²) in [5, 5.41) is 2.66. The average molecular weight is 173 g/mol. The van der Waals surface area contributed by atoms with Crippen LogP contribution in [0.3, 0.4) is 0 Å². The summed E-state index contributed by atoms with van der Waals surface area (Å²) < 4.78 is 4.47. The molecular formula is C8H15NO3. The van der Waals surface area contributed by atoms with E-state index < -0.39 is 0 Å². The van der Waals surface area contributed by atoms with Gasteiger partial charge in [-0.25, -0.2) is 0 Å². The van der Waals surface area contributed by atoms with Crippen LogP contribution in [0.2, 0.25) is 0 Å². The predicted octanol–water partition coefficient (Wildman–Crippen LogP) is 0.464. The Balaban J connectivity index is 3.82. The van der Waals surface area contributed by atoms with E-state index in [2.05, 4.69) is 10.1 Å². The minimum atomic E-state index is -0.296. The number of rotatable bonds is 4. The second-order valence-corrected chi connectivity index (χ2v) is 2.59. The van der Waals surface area contributed by atoms with Crippen LogP contribution in [0, 0.1) is 0 Å². The van der Waals surface area contributed by atoms with E-state index in [1.165, 1.54) is 14.0 Å². The smallest absolute Gasteiger partial charge is 0.307 e. The quantitative estimate of drug-likeness (QED) is 0.628. The van der Waals surface area contributed by atoms with E-state index in [1.807, 2.05) is 6.92 Å². The molecule has 4 nitrogen and oxygen atoms in total. The van der Waals surface area contributed by atoms with Crippen molar-refractivity contribution in [3.8, 4) is 0 Å². The molecule has 0 aliphatic heterocycles. The van der Waals surface area contributed by atoms with Gasteiger partial charge in [-0.2, -0.15) is 0 Å². The van der Waals surface area contributed by atoms with E-state index >= 15 is 0 Å². The van der Waals surface area contributed by atoms with Gasteiger partial charge < -0.3 is 10.1 Å². The summed E-state index contributed by atoms with van der Waals surface area (Å²) in [6.45, 7) is 3.34. The Bertz CT molecular complexity index is 168. The van der Waals surface area contributed by atoms with Crippen molar-refractivity contribution in [1.82, 2.24) is 5.32 Å². The third kappa shape index (κ3) is 4.71. The molecule has 0 bridgehead atoms. The molecule has 0 aliphatic carbocycles. The largest absolute Gasteiger partial charge is 0.469 e. The summed E-state index contributed by atoms with van der Waals surface area (Å²) in [4.78, 5) is 21.4. The highest BCUT2D eigenvalue weighted by atomic mass is 16.5. The fourth-order valence-corrected chi connectivity index (χ4v) is 0.869. The summed E-state index contributed by atoms with van der Waals surface area (Å²) in [6.07, 6.45) is 0.973. The van der Waals surface area contributed by atoms with Crippen molar-refractivity contribution in [3.05, 3.63) is 0 Å². The summed E-state index contributed by atoms with van der Waals surface area (Å²) >= 11 is 0. The highest BCUT2D eigenvalue weighted by molar-refractivity contribution is 5.75. The van der Waals surface area contributed by atoms with Crippen molar-refractivity contribution >= 4 is 11.9 Å². The zero-order valence-corrected chi connectivity index (χ0v) is 7.72. The molecule has 0 aliphatic rings. The lowest BCUT2D eigenvalue weighted by Crippen LogP contribution is -2.34. The Morgan fingerprint density at radius 3 is 2.42 bits per heavy atom. The number of hydrogen-bond acceptors (Lipinski definition) is 3. The summed E-state index contributed by atoms with van der Waals surface area (Å²) in [7, 11) is 1.34. The van der Waals surface area contributed by atoms with E-state index in [0.717, 1.165) is 6.42 Å². The number of nitrogens with one attached hydrogen (secondary N) is 1. The lowest BCUT2D eigenvalue weighted by molar-refractivity contribution is -0.141. The van der Waals surface area contributed by atoms with E-state index in [4.69, 9.17) is 0 Å². The first-order valence-corrected chi connectivity index (χ1v) is 3.94. The monoisotopic (exact) mass is 173 g/mol. The number of amides is 1. The first-order chi connectivity index (χ1) is 5.60. The molecule has 0 radical (unpaired) electrons. The van der Waals surface area contributed by atoms with Crippen LogP contribution in [-0.4, -0.2) is 25.0 Å². The molecule has 0 fully saturated rings. The van der Waals surface area contributed by atoms with Crippen molar-refractivity contribution in [3.63, 3.8) is 0 Å². The van der Waals surface area contributed by atoms with Crippen LogP contribution in [0.25, 0.3) is 0 Å². The lowest BCUT2D eigenvalue weighted by Gasteiger charge is -2.13. The third-order valence-electron chi connectivity index (χ3n) is 1.54. The Morgan fingerprint density at radius 1 is 1.50 bits per heavy atom. The Hall–Kier alpha value is -1.06. The minimum Gasteiger partial charge on any atom is -0.469 e. The zero-order chi connectivity index (χ0) is 9.56. The number of hydrogen-bond donors (Lipinski definition) is 1. The van der Waals surface area contributed by atoms with Gasteiger partial charge in [-0.05, 0) is 6.42 Å². The van der Waals surface area contributed by atoms with Gasteiger partial charge >= 0.3 is 5.97 Å². The molecule has 0 rings (SSSR count). The topological polar surface area (TPSA) is 55.4 Å². The highest BCUT2D eigenvalue weighted by Gasteiger charge is 2.12. The molecule has 0 unspecified atom stereocenters. The normalized spacial score (nSPS) is 11.9. The number of methoxy groups -OCH3 is 1. The highest BCUT2D eigenvalue weighted by Crippen LogP contribution is 1.98. The summed E-state index contributed by atoms with van der Waals surface area (Å²) in [5.74, 6) is -0.415. The molecular weight excluding hydrogens is 158 g/mol. The van der Waals surface area contributed by atoms with Gasteiger partial charge in [0.2, 0.25) is 5.91 Å². The van der Waals surface area contributed by atoms with Crippen LogP contribution in [0.1, 0.15) is 26.7 Å². The second-order valence-electron chi connectivity index (χ2n) is 2.59. The third-order valence-corrected chi connectivity index (χ3v) is 1.54. The first-order valence-electron chi connectivity index (χ1n) is 3.94. The van der Waals surface area contributed by atoms with Crippen molar-refractivity contribution in [1.29, 1.82) is 0 Å². The average Bonchev–Trinajstić information content (AvgIpc) is 2.02. The summed E-state index contributed by atoms with van der Waals surface area (Å²) in [5.41, 5.74) is 0. The van der Waals surface area contributed by atoms with E-state index in [-0.39, 0.29) is 24.3 Å². The molecule has 12 heavy (non-hydrogen) atoms. The van der Waals surface area contributed by atoms with E-state index in [9.17, 15) is 9.59 Å². The molecule has 1 amide bonds. The van der Waals surface area contributed by atoms with Crippen LogP contribution in [-0.2, 0) is 14.3 Å². The number of carbonyl (C=O) groups excluding carboxylic acids is 2. The fraction of sp³-hybridized carbons (Fsp3) is 0.750. The zero-order valence-electron chi connectivity index (χ0n) is 7.72. The van der Waals surface area contributed by atoms with Crippen molar-refractivity contribution in [2.75, 3.05) is 7.11 Å². The molecule has 70 valence electrons. The number of carbonyl (C=O) groups is 2. The van der Waals surface area contributed by atoms with Gasteiger partial charge in [0.15, 0.2) is 0 Å². The van der Waals surface area contributed by atoms with E-state index in [0.29, 0.717) is 0 Å². The maximum atomic E-state index is 10.8. The molecule has 0 aromatic rings. The van der Waals surface area contributed by atoms with E-state index in [1.54, 1.807) is 0 Å². The molecule has 1 atom stereocenters. The predicted molar refractivity (Wildman–Crippen MR) is 44.5 cm³/mol. The Labute approximate surface area is 72.3 Å². The Morgan fingerprint density at radius 2 is 2.08 bits per heavy atom. The second kappa shape index (κ2) is 5.57. The van der Waals surface area contributed by atoms with Gasteiger partial charge in [0, 0.05) is 13.0 Å². The van der Waals surface area contributed by atoms with Crippen molar-refractivity contribution in [2.45, 2.75) is 32.7 Å². The maximum absolute atomic E-state index is 10.8. The summed E-state index contributed by atoms with van der Waals surface area (Å²) in [6, 6.07) is -0.102. The van der Waals surface area contributed by atoms with Gasteiger partial charge in [0.25, 0.3) is 0 Å². The number of ether oxygens (including phenoxy) is 1. The SMILES string of the molecule is CC[C@H](CC(=O)OC)NC(C)=O. The van der Waals surface area contributed by atoms with Gasteiger partial charge in [-0.15, -0.1) is 0 Å². The van der Waals surface area contributed by atoms with Gasteiger partial charge in [-0.3, -0.25) is 9.59 Å². The van der Waals surface area contributed by atoms with Crippen molar-refractivity contribution in [2.24, 2.45) is 0 Å². The van der Waals surface area contributed by atoms with Gasteiger partial charge in [0.05, 0.1) is 13.5 Å². The van der Waals surface area contributed by atoms with Crippen molar-refractivity contribution < 1.29 is 14.3 Å². The molecule has 4 heteroatoms. The molecule has 0 aromatic heterocycles. The molecule has 1 N–H and O–H groups in total.